The number of halogens is 3. The van der Waals surface area contributed by atoms with Crippen LogP contribution in [0.4, 0.5) is 8.78 Å². The van der Waals surface area contributed by atoms with Gasteiger partial charge in [0.2, 0.25) is 5.28 Å². The Morgan fingerprint density at radius 1 is 1.14 bits per heavy atom. The van der Waals surface area contributed by atoms with E-state index in [9.17, 15) is 13.6 Å². The summed E-state index contributed by atoms with van der Waals surface area (Å²) in [5.74, 6) is -1.03. The van der Waals surface area contributed by atoms with E-state index in [1.54, 1.807) is 23.9 Å². The van der Waals surface area contributed by atoms with Gasteiger partial charge >= 0.3 is 0 Å². The van der Waals surface area contributed by atoms with E-state index in [1.807, 2.05) is 17.0 Å². The van der Waals surface area contributed by atoms with E-state index in [0.29, 0.717) is 34.6 Å². The Morgan fingerprint density at radius 3 is 2.66 bits per heavy atom. The summed E-state index contributed by atoms with van der Waals surface area (Å²) in [6, 6.07) is 10.4. The lowest BCUT2D eigenvalue weighted by Crippen LogP contribution is -2.50. The molecule has 2 aromatic carbocycles. The van der Waals surface area contributed by atoms with Crippen LogP contribution in [0, 0.1) is 11.6 Å². The van der Waals surface area contributed by atoms with Crippen LogP contribution in [-0.2, 0) is 13.5 Å². The Kier molecular flexibility index (Phi) is 5.17. The van der Waals surface area contributed by atoms with Gasteiger partial charge in [-0.1, -0.05) is 18.2 Å². The monoisotopic (exact) mass is 494 g/mol. The Bertz CT molecular complexity index is 1440. The van der Waals surface area contributed by atoms with E-state index in [0.717, 1.165) is 36.6 Å². The number of benzene rings is 2. The highest BCUT2D eigenvalue weighted by atomic mass is 35.5. The Labute approximate surface area is 204 Å². The summed E-state index contributed by atoms with van der Waals surface area (Å²) in [6.07, 6.45) is 3.13. The van der Waals surface area contributed by atoms with Crippen molar-refractivity contribution in [1.82, 2.24) is 29.9 Å². The zero-order valence-electron chi connectivity index (χ0n) is 18.8. The van der Waals surface area contributed by atoms with Crippen LogP contribution >= 0.6 is 11.6 Å². The number of amides is 1. The molecule has 2 unspecified atom stereocenters. The smallest absolute Gasteiger partial charge is 0.255 e. The SMILES string of the molecule is Cn1nc2c(c1-c1cc(F)cc(F)c1)CC1CCCC2N1C(=O)c1ccccc1-c1n[nH]c(Cl)n1. The van der Waals surface area contributed by atoms with Gasteiger partial charge in [0.15, 0.2) is 5.82 Å². The van der Waals surface area contributed by atoms with Crippen molar-refractivity contribution >= 4 is 17.5 Å². The van der Waals surface area contributed by atoms with Gasteiger partial charge in [0.25, 0.3) is 5.91 Å². The number of rotatable bonds is 3. The first kappa shape index (κ1) is 21.9. The third-order valence-electron chi connectivity index (χ3n) is 6.90. The van der Waals surface area contributed by atoms with Crippen LogP contribution in [0.3, 0.4) is 0 Å². The number of aryl methyl sites for hydroxylation is 1. The number of aromatic amines is 1. The molecule has 4 heterocycles. The molecule has 1 amide bonds. The second kappa shape index (κ2) is 8.27. The number of aromatic nitrogens is 5. The molecule has 0 aliphatic carbocycles. The zero-order valence-corrected chi connectivity index (χ0v) is 19.6. The Hall–Kier alpha value is -3.59. The van der Waals surface area contributed by atoms with Crippen LogP contribution in [0.25, 0.3) is 22.6 Å². The molecule has 2 aliphatic rings. The van der Waals surface area contributed by atoms with Gasteiger partial charge in [0.1, 0.15) is 11.6 Å². The largest absolute Gasteiger partial charge is 0.327 e. The van der Waals surface area contributed by atoms with Crippen LogP contribution in [-0.4, -0.2) is 41.8 Å². The molecule has 178 valence electrons. The second-order valence-electron chi connectivity index (χ2n) is 9.01. The normalized spacial score (nSPS) is 19.0. The number of nitrogens with one attached hydrogen (secondary N) is 1. The number of nitrogens with zero attached hydrogens (tertiary/aromatic N) is 5. The predicted molar refractivity (Wildman–Crippen MR) is 126 cm³/mol. The van der Waals surface area contributed by atoms with Crippen LogP contribution < -0.4 is 0 Å². The summed E-state index contributed by atoms with van der Waals surface area (Å²) in [5.41, 5.74) is 3.97. The number of fused-ring (bicyclic) bond motifs is 4. The van der Waals surface area contributed by atoms with Gasteiger partial charge in [0, 0.05) is 35.8 Å². The molecule has 2 aromatic heterocycles. The summed E-state index contributed by atoms with van der Waals surface area (Å²) in [4.78, 5) is 20.1. The molecule has 2 aliphatic heterocycles. The third kappa shape index (κ3) is 3.61. The number of piperidine rings is 1. The number of carbonyl (C=O) groups is 1. The van der Waals surface area contributed by atoms with Crippen LogP contribution in [0.15, 0.2) is 42.5 Å². The van der Waals surface area contributed by atoms with Gasteiger partial charge in [0.05, 0.1) is 23.0 Å². The lowest BCUT2D eigenvalue weighted by molar-refractivity contribution is 0.0392. The first-order valence-electron chi connectivity index (χ1n) is 11.4. The van der Waals surface area contributed by atoms with Gasteiger partial charge in [-0.15, -0.1) is 0 Å². The first-order chi connectivity index (χ1) is 16.9. The zero-order chi connectivity index (χ0) is 24.3. The molecule has 0 radical (unpaired) electrons. The molecule has 10 heteroatoms. The van der Waals surface area contributed by atoms with Crippen molar-refractivity contribution < 1.29 is 13.6 Å². The highest BCUT2D eigenvalue weighted by molar-refractivity contribution is 6.28. The van der Waals surface area contributed by atoms with Gasteiger partial charge in [-0.05, 0) is 55.5 Å². The van der Waals surface area contributed by atoms with Gasteiger partial charge in [-0.2, -0.15) is 15.2 Å². The minimum absolute atomic E-state index is 0.0566. The molecule has 1 saturated heterocycles. The number of hydrogen-bond donors (Lipinski definition) is 1. The van der Waals surface area contributed by atoms with E-state index < -0.39 is 11.6 Å². The maximum Gasteiger partial charge on any atom is 0.255 e. The average Bonchev–Trinajstić information content (AvgIpc) is 3.40. The van der Waals surface area contributed by atoms with Crippen molar-refractivity contribution in [2.24, 2.45) is 7.05 Å². The standard InChI is InChI=1S/C25H21ClF2N6O/c1-33-22(13-9-14(27)11-15(28)10-13)19-12-16-5-4-8-20(21(19)32-33)34(16)24(35)18-7-3-2-6-17(18)23-29-25(26)31-30-23/h2-3,6-7,9-11,16,20H,4-5,8,12H2,1H3,(H,29,30,31). The van der Waals surface area contributed by atoms with Gasteiger partial charge in [-0.25, -0.2) is 13.9 Å². The quantitative estimate of drug-likeness (QED) is 0.430. The molecular weight excluding hydrogens is 474 g/mol. The Morgan fingerprint density at radius 2 is 1.91 bits per heavy atom. The lowest BCUT2D eigenvalue weighted by Gasteiger charge is -2.45. The highest BCUT2D eigenvalue weighted by Gasteiger charge is 2.44. The molecule has 7 nitrogen and oxygen atoms in total. The molecular formula is C25H21ClF2N6O. The van der Waals surface area contributed by atoms with Crippen molar-refractivity contribution in [3.63, 3.8) is 0 Å². The molecule has 6 rings (SSSR count). The van der Waals surface area contributed by atoms with Crippen LogP contribution in [0.2, 0.25) is 5.28 Å². The molecule has 0 spiro atoms. The van der Waals surface area contributed by atoms with Crippen molar-refractivity contribution in [2.75, 3.05) is 0 Å². The average molecular weight is 495 g/mol. The fraction of sp³-hybridized carbons (Fsp3) is 0.280. The van der Waals surface area contributed by atoms with E-state index in [4.69, 9.17) is 16.7 Å². The summed E-state index contributed by atoms with van der Waals surface area (Å²) >= 11 is 5.93. The molecule has 2 bridgehead atoms. The van der Waals surface area contributed by atoms with Crippen LogP contribution in [0.5, 0.6) is 0 Å². The number of carbonyl (C=O) groups excluding carboxylic acids is 1. The lowest BCUT2D eigenvalue weighted by atomic mass is 9.81. The summed E-state index contributed by atoms with van der Waals surface area (Å²) in [7, 11) is 1.77. The summed E-state index contributed by atoms with van der Waals surface area (Å²) in [5, 5.41) is 11.6. The minimum Gasteiger partial charge on any atom is -0.327 e. The maximum atomic E-state index is 14.0. The Balaban J connectivity index is 1.43. The second-order valence-corrected chi connectivity index (χ2v) is 9.36. The first-order valence-corrected chi connectivity index (χ1v) is 11.8. The predicted octanol–water partition coefficient (Wildman–Crippen LogP) is 5.10. The fourth-order valence-corrected chi connectivity index (χ4v) is 5.69. The van der Waals surface area contributed by atoms with Crippen molar-refractivity contribution in [3.8, 4) is 22.6 Å². The van der Waals surface area contributed by atoms with E-state index in [2.05, 4.69) is 15.2 Å². The van der Waals surface area contributed by atoms with Crippen LogP contribution in [0.1, 0.15) is 46.9 Å². The molecule has 0 saturated carbocycles. The minimum atomic E-state index is -0.633. The van der Waals surface area contributed by atoms with Gasteiger partial charge in [-0.3, -0.25) is 9.48 Å². The molecule has 35 heavy (non-hydrogen) atoms. The van der Waals surface area contributed by atoms with E-state index in [-0.39, 0.29) is 23.3 Å². The summed E-state index contributed by atoms with van der Waals surface area (Å²) < 4.78 is 29.7. The fourth-order valence-electron chi connectivity index (χ4n) is 5.57. The topological polar surface area (TPSA) is 79.7 Å². The van der Waals surface area contributed by atoms with E-state index >= 15 is 0 Å². The van der Waals surface area contributed by atoms with Gasteiger partial charge < -0.3 is 4.90 Å². The molecule has 1 fully saturated rings. The molecule has 2 atom stereocenters. The number of H-pyrrole nitrogens is 1. The summed E-state index contributed by atoms with van der Waals surface area (Å²) in [6.45, 7) is 0. The number of hydrogen-bond acceptors (Lipinski definition) is 4. The van der Waals surface area contributed by atoms with Crippen molar-refractivity contribution in [3.05, 3.63) is 76.2 Å². The third-order valence-corrected chi connectivity index (χ3v) is 7.07. The molecule has 4 aromatic rings. The maximum absolute atomic E-state index is 14.0. The highest BCUT2D eigenvalue weighted by Crippen LogP contribution is 2.45. The van der Waals surface area contributed by atoms with Crippen molar-refractivity contribution in [2.45, 2.75) is 37.8 Å². The van der Waals surface area contributed by atoms with E-state index in [1.165, 1.54) is 12.1 Å². The van der Waals surface area contributed by atoms with Crippen molar-refractivity contribution in [1.29, 1.82) is 0 Å². The molecule has 1 N–H and O–H groups in total.